The molecule has 2 N–H and O–H groups in total. The van der Waals surface area contributed by atoms with E-state index < -0.39 is 0 Å². The predicted molar refractivity (Wildman–Crippen MR) is 134 cm³/mol. The van der Waals surface area contributed by atoms with Crippen molar-refractivity contribution in [2.75, 3.05) is 13.2 Å². The molecule has 0 amide bonds. The monoisotopic (exact) mass is 470 g/mol. The second-order valence-corrected chi connectivity index (χ2v) is 7.75. The van der Waals surface area contributed by atoms with Crippen molar-refractivity contribution in [3.8, 4) is 11.5 Å². The number of halogens is 2. The third kappa shape index (κ3) is 5.77. The maximum absolute atomic E-state index is 6.30. The number of hydrogen-bond donors (Lipinski definition) is 2. The lowest BCUT2D eigenvalue weighted by molar-refractivity contribution is 0.266. The highest BCUT2D eigenvalue weighted by Gasteiger charge is 2.12. The smallest absolute Gasteiger partial charge is 0.166 e. The predicted octanol–water partition coefficient (Wildman–Crippen LogP) is 6.55. The van der Waals surface area contributed by atoms with E-state index in [2.05, 4.69) is 46.8 Å². The SMILES string of the molecule is CCOc1cccc(CNCCc2c[nH]c3ccccc23)c1OCc1ccccc1Cl.Cl. The Morgan fingerprint density at radius 2 is 1.66 bits per heavy atom. The van der Waals surface area contributed by atoms with E-state index in [0.717, 1.165) is 35.6 Å². The maximum atomic E-state index is 6.30. The highest BCUT2D eigenvalue weighted by Crippen LogP contribution is 2.33. The summed E-state index contributed by atoms with van der Waals surface area (Å²) >= 11 is 6.30. The summed E-state index contributed by atoms with van der Waals surface area (Å²) < 4.78 is 12.0. The molecule has 4 nitrogen and oxygen atoms in total. The normalized spacial score (nSPS) is 10.7. The molecule has 0 saturated heterocycles. The molecule has 6 heteroatoms. The summed E-state index contributed by atoms with van der Waals surface area (Å²) in [6, 6.07) is 22.2. The highest BCUT2D eigenvalue weighted by molar-refractivity contribution is 6.31. The summed E-state index contributed by atoms with van der Waals surface area (Å²) in [6.45, 7) is 4.52. The first-order chi connectivity index (χ1) is 15.3. The lowest BCUT2D eigenvalue weighted by Gasteiger charge is -2.17. The molecule has 0 aliphatic heterocycles. The lowest BCUT2D eigenvalue weighted by Crippen LogP contribution is -2.17. The summed E-state index contributed by atoms with van der Waals surface area (Å²) in [4.78, 5) is 3.34. The van der Waals surface area contributed by atoms with Crippen molar-refractivity contribution in [3.63, 3.8) is 0 Å². The van der Waals surface area contributed by atoms with Gasteiger partial charge in [0.2, 0.25) is 0 Å². The van der Waals surface area contributed by atoms with Gasteiger partial charge in [-0.05, 0) is 43.7 Å². The van der Waals surface area contributed by atoms with E-state index in [1.807, 2.05) is 43.3 Å². The van der Waals surface area contributed by atoms with Gasteiger partial charge in [-0.1, -0.05) is 60.1 Å². The number of H-pyrrole nitrogens is 1. The molecule has 3 aromatic carbocycles. The fraction of sp³-hybridized carbons (Fsp3) is 0.231. The van der Waals surface area contributed by atoms with E-state index in [1.165, 1.54) is 16.5 Å². The topological polar surface area (TPSA) is 46.3 Å². The van der Waals surface area contributed by atoms with E-state index in [1.54, 1.807) is 0 Å². The average Bonchev–Trinajstić information content (AvgIpc) is 3.20. The van der Waals surface area contributed by atoms with Crippen LogP contribution in [0, 0.1) is 0 Å². The molecule has 1 aromatic heterocycles. The molecule has 0 fully saturated rings. The Bertz CT molecular complexity index is 1140. The van der Waals surface area contributed by atoms with Crippen LogP contribution >= 0.6 is 24.0 Å². The summed E-state index contributed by atoms with van der Waals surface area (Å²) in [7, 11) is 0. The van der Waals surface area contributed by atoms with E-state index >= 15 is 0 Å². The largest absolute Gasteiger partial charge is 0.490 e. The first-order valence-corrected chi connectivity index (χ1v) is 11.0. The molecule has 0 bridgehead atoms. The lowest BCUT2D eigenvalue weighted by atomic mass is 10.1. The molecule has 0 radical (unpaired) electrons. The van der Waals surface area contributed by atoms with Gasteiger partial charge in [-0.15, -0.1) is 12.4 Å². The van der Waals surface area contributed by atoms with Crippen molar-refractivity contribution in [1.82, 2.24) is 10.3 Å². The molecule has 0 aliphatic rings. The number of aromatic nitrogens is 1. The van der Waals surface area contributed by atoms with Crippen LogP contribution in [0.15, 0.2) is 72.9 Å². The van der Waals surface area contributed by atoms with Crippen molar-refractivity contribution < 1.29 is 9.47 Å². The fourth-order valence-electron chi connectivity index (χ4n) is 3.68. The Balaban J connectivity index is 0.00000289. The summed E-state index contributed by atoms with van der Waals surface area (Å²) in [5.74, 6) is 1.52. The van der Waals surface area contributed by atoms with E-state index in [-0.39, 0.29) is 12.4 Å². The van der Waals surface area contributed by atoms with Crippen LogP contribution in [-0.2, 0) is 19.6 Å². The minimum atomic E-state index is 0. The fourth-order valence-corrected chi connectivity index (χ4v) is 3.87. The van der Waals surface area contributed by atoms with Gasteiger partial charge in [-0.3, -0.25) is 0 Å². The summed E-state index contributed by atoms with van der Waals surface area (Å²) in [6.07, 6.45) is 3.05. The van der Waals surface area contributed by atoms with E-state index in [9.17, 15) is 0 Å². The second-order valence-electron chi connectivity index (χ2n) is 7.34. The minimum absolute atomic E-state index is 0. The van der Waals surface area contributed by atoms with Gasteiger partial charge in [0, 0.05) is 39.8 Å². The Labute approximate surface area is 200 Å². The molecule has 0 atom stereocenters. The molecule has 0 saturated carbocycles. The zero-order valence-corrected chi connectivity index (χ0v) is 19.6. The molecule has 4 aromatic rings. The Hall–Kier alpha value is -2.66. The van der Waals surface area contributed by atoms with Crippen LogP contribution in [0.2, 0.25) is 5.02 Å². The van der Waals surface area contributed by atoms with Gasteiger partial charge in [0.15, 0.2) is 11.5 Å². The van der Waals surface area contributed by atoms with E-state index in [4.69, 9.17) is 21.1 Å². The second kappa shape index (κ2) is 11.8. The molecular formula is C26H28Cl2N2O2. The average molecular weight is 471 g/mol. The summed E-state index contributed by atoms with van der Waals surface area (Å²) in [5.41, 5.74) is 4.52. The number of rotatable bonds is 10. The van der Waals surface area contributed by atoms with Gasteiger partial charge in [0.1, 0.15) is 6.61 Å². The molecule has 0 aliphatic carbocycles. The van der Waals surface area contributed by atoms with Crippen molar-refractivity contribution in [2.24, 2.45) is 0 Å². The van der Waals surface area contributed by atoms with Crippen molar-refractivity contribution >= 4 is 34.9 Å². The van der Waals surface area contributed by atoms with Gasteiger partial charge in [0.25, 0.3) is 0 Å². The first kappa shape index (κ1) is 24.0. The van der Waals surface area contributed by atoms with Crippen molar-refractivity contribution in [2.45, 2.75) is 26.5 Å². The van der Waals surface area contributed by atoms with E-state index in [0.29, 0.717) is 24.8 Å². The Morgan fingerprint density at radius 1 is 0.875 bits per heavy atom. The highest BCUT2D eigenvalue weighted by atomic mass is 35.5. The maximum Gasteiger partial charge on any atom is 0.166 e. The van der Waals surface area contributed by atoms with Gasteiger partial charge < -0.3 is 19.8 Å². The number of hydrogen-bond acceptors (Lipinski definition) is 3. The Kier molecular flexibility index (Phi) is 8.86. The minimum Gasteiger partial charge on any atom is -0.490 e. The molecule has 168 valence electrons. The molecule has 0 spiro atoms. The van der Waals surface area contributed by atoms with Gasteiger partial charge >= 0.3 is 0 Å². The standard InChI is InChI=1S/C26H27ClN2O2.ClH/c1-2-30-25-13-7-9-20(26(25)31-18-21-8-3-5-11-23(21)27)16-28-15-14-19-17-29-24-12-6-4-10-22(19)24;/h3-13,17,28-29H,2,14-16,18H2,1H3;1H. The molecular weight excluding hydrogens is 443 g/mol. The van der Waals surface area contributed by atoms with Crippen LogP contribution in [0.4, 0.5) is 0 Å². The summed E-state index contributed by atoms with van der Waals surface area (Å²) in [5, 5.41) is 5.54. The third-order valence-electron chi connectivity index (χ3n) is 5.25. The zero-order chi connectivity index (χ0) is 21.5. The van der Waals surface area contributed by atoms with Crippen molar-refractivity contribution in [3.05, 3.63) is 94.6 Å². The van der Waals surface area contributed by atoms with Crippen LogP contribution in [0.3, 0.4) is 0 Å². The van der Waals surface area contributed by atoms with Gasteiger partial charge in [-0.2, -0.15) is 0 Å². The van der Waals surface area contributed by atoms with Crippen LogP contribution in [0.5, 0.6) is 11.5 Å². The number of para-hydroxylation sites is 2. The van der Waals surface area contributed by atoms with Crippen LogP contribution in [-0.4, -0.2) is 18.1 Å². The van der Waals surface area contributed by atoms with Crippen LogP contribution in [0.1, 0.15) is 23.6 Å². The third-order valence-corrected chi connectivity index (χ3v) is 5.62. The molecule has 32 heavy (non-hydrogen) atoms. The number of nitrogens with one attached hydrogen (secondary N) is 2. The number of aromatic amines is 1. The molecule has 4 rings (SSSR count). The quantitative estimate of drug-likeness (QED) is 0.258. The number of benzene rings is 3. The van der Waals surface area contributed by atoms with Crippen molar-refractivity contribution in [1.29, 1.82) is 0 Å². The number of fused-ring (bicyclic) bond motifs is 1. The Morgan fingerprint density at radius 3 is 2.50 bits per heavy atom. The van der Waals surface area contributed by atoms with Gasteiger partial charge in [0.05, 0.1) is 6.61 Å². The molecule has 1 heterocycles. The molecule has 0 unspecified atom stereocenters. The van der Waals surface area contributed by atoms with Crippen LogP contribution < -0.4 is 14.8 Å². The number of ether oxygens (including phenoxy) is 2. The zero-order valence-electron chi connectivity index (χ0n) is 18.1. The van der Waals surface area contributed by atoms with Crippen LogP contribution in [0.25, 0.3) is 10.9 Å². The van der Waals surface area contributed by atoms with Gasteiger partial charge in [-0.25, -0.2) is 0 Å². The first-order valence-electron chi connectivity index (χ1n) is 10.6.